The lowest BCUT2D eigenvalue weighted by Gasteiger charge is -2.26. The van der Waals surface area contributed by atoms with E-state index in [4.69, 9.17) is 5.11 Å². The van der Waals surface area contributed by atoms with Gasteiger partial charge < -0.3 is 15.3 Å². The second-order valence-electron chi connectivity index (χ2n) is 4.90. The maximum atomic E-state index is 9.02. The number of nitrogens with one attached hydrogen (secondary N) is 1. The zero-order valence-electron chi connectivity index (χ0n) is 11.5. The van der Waals surface area contributed by atoms with E-state index in [9.17, 15) is 0 Å². The molecule has 0 aromatic heterocycles. The Morgan fingerprint density at radius 1 is 1.25 bits per heavy atom. The summed E-state index contributed by atoms with van der Waals surface area (Å²) in [5.41, 5.74) is 0. The zero-order chi connectivity index (χ0) is 12.4. The summed E-state index contributed by atoms with van der Waals surface area (Å²) in [6.07, 6.45) is 3.24. The van der Waals surface area contributed by atoms with Crippen molar-refractivity contribution in [1.82, 2.24) is 10.2 Å². The lowest BCUT2D eigenvalue weighted by atomic mass is 10.1. The third kappa shape index (κ3) is 8.08. The average molecular weight is 230 g/mol. The van der Waals surface area contributed by atoms with Crippen LogP contribution in [0.1, 0.15) is 40.0 Å². The molecule has 0 aromatic rings. The van der Waals surface area contributed by atoms with Gasteiger partial charge in [-0.2, -0.15) is 0 Å². The molecule has 0 saturated carbocycles. The number of nitrogens with zero attached hydrogens (tertiary/aromatic N) is 1. The van der Waals surface area contributed by atoms with Crippen LogP contribution in [0.2, 0.25) is 0 Å². The van der Waals surface area contributed by atoms with Crippen LogP contribution in [-0.4, -0.2) is 49.3 Å². The molecule has 0 spiro atoms. The Balaban J connectivity index is 3.86. The highest BCUT2D eigenvalue weighted by atomic mass is 16.3. The summed E-state index contributed by atoms with van der Waals surface area (Å²) in [5.74, 6) is 0.756. The van der Waals surface area contributed by atoms with Gasteiger partial charge in [0.1, 0.15) is 0 Å². The van der Waals surface area contributed by atoms with Gasteiger partial charge in [0.25, 0.3) is 0 Å². The number of rotatable bonds is 10. The van der Waals surface area contributed by atoms with Crippen LogP contribution < -0.4 is 5.32 Å². The van der Waals surface area contributed by atoms with Crippen molar-refractivity contribution in [2.45, 2.75) is 46.1 Å². The molecular weight excluding hydrogens is 200 g/mol. The van der Waals surface area contributed by atoms with Crippen molar-refractivity contribution in [3.05, 3.63) is 0 Å². The molecule has 2 unspecified atom stereocenters. The molecule has 0 saturated heterocycles. The molecule has 2 atom stereocenters. The first-order chi connectivity index (χ1) is 7.63. The normalized spacial score (nSPS) is 15.4. The van der Waals surface area contributed by atoms with E-state index >= 15 is 0 Å². The second-order valence-corrected chi connectivity index (χ2v) is 4.90. The van der Waals surface area contributed by atoms with Gasteiger partial charge in [-0.3, -0.25) is 0 Å². The first kappa shape index (κ1) is 15.9. The molecule has 0 rings (SSSR count). The predicted octanol–water partition coefficient (Wildman–Crippen LogP) is 1.71. The molecule has 2 N–H and O–H groups in total. The third-order valence-corrected chi connectivity index (χ3v) is 3.01. The van der Waals surface area contributed by atoms with Gasteiger partial charge in [-0.15, -0.1) is 0 Å². The summed E-state index contributed by atoms with van der Waals surface area (Å²) in [4.78, 5) is 2.37. The molecule has 16 heavy (non-hydrogen) atoms. The first-order valence-corrected chi connectivity index (χ1v) is 6.66. The molecule has 0 aliphatic rings. The highest BCUT2D eigenvalue weighted by Crippen LogP contribution is 2.04. The Kier molecular flexibility index (Phi) is 9.99. The smallest absolute Gasteiger partial charge is 0.0446 e. The van der Waals surface area contributed by atoms with Gasteiger partial charge in [0.15, 0.2) is 0 Å². The van der Waals surface area contributed by atoms with Crippen LogP contribution in [-0.2, 0) is 0 Å². The van der Waals surface area contributed by atoms with Gasteiger partial charge in [-0.25, -0.2) is 0 Å². The molecule has 0 aromatic carbocycles. The van der Waals surface area contributed by atoms with E-state index in [2.05, 4.69) is 38.0 Å². The number of likely N-dealkylation sites (N-methyl/N-ethyl adjacent to an activating group) is 1. The molecule has 0 bridgehead atoms. The van der Waals surface area contributed by atoms with Gasteiger partial charge in [-0.05, 0) is 32.4 Å². The summed E-state index contributed by atoms with van der Waals surface area (Å²) in [5, 5.41) is 12.5. The Hall–Kier alpha value is -0.120. The molecule has 3 heteroatoms. The predicted molar refractivity (Wildman–Crippen MR) is 70.7 cm³/mol. The minimum Gasteiger partial charge on any atom is -0.396 e. The van der Waals surface area contributed by atoms with E-state index in [0.717, 1.165) is 38.4 Å². The van der Waals surface area contributed by atoms with Crippen molar-refractivity contribution in [3.63, 3.8) is 0 Å². The summed E-state index contributed by atoms with van der Waals surface area (Å²) < 4.78 is 0. The van der Waals surface area contributed by atoms with Crippen molar-refractivity contribution >= 4 is 0 Å². The fourth-order valence-corrected chi connectivity index (χ4v) is 1.87. The molecule has 0 aliphatic carbocycles. The van der Waals surface area contributed by atoms with Gasteiger partial charge in [-0.1, -0.05) is 27.2 Å². The summed E-state index contributed by atoms with van der Waals surface area (Å²) in [7, 11) is 2.17. The minimum absolute atomic E-state index is 0.276. The first-order valence-electron chi connectivity index (χ1n) is 6.66. The van der Waals surface area contributed by atoms with Gasteiger partial charge in [0.2, 0.25) is 0 Å². The van der Waals surface area contributed by atoms with Crippen LogP contribution in [0, 0.1) is 5.92 Å². The highest BCUT2D eigenvalue weighted by molar-refractivity contribution is 4.71. The van der Waals surface area contributed by atoms with Crippen molar-refractivity contribution in [1.29, 1.82) is 0 Å². The SMILES string of the molecule is CCCNC(CCO)CN(C)CC(C)CC. The zero-order valence-corrected chi connectivity index (χ0v) is 11.5. The molecule has 0 amide bonds. The monoisotopic (exact) mass is 230 g/mol. The van der Waals surface area contributed by atoms with Crippen molar-refractivity contribution < 1.29 is 5.11 Å². The van der Waals surface area contributed by atoms with E-state index < -0.39 is 0 Å². The molecular formula is C13H30N2O. The maximum absolute atomic E-state index is 9.02. The molecule has 0 fully saturated rings. The standard InChI is InChI=1S/C13H30N2O/c1-5-8-14-13(7-9-16)11-15(4)10-12(3)6-2/h12-14,16H,5-11H2,1-4H3. The molecule has 0 radical (unpaired) electrons. The number of hydrogen-bond donors (Lipinski definition) is 2. The van der Waals surface area contributed by atoms with E-state index in [1.165, 1.54) is 6.42 Å². The fraction of sp³-hybridized carbons (Fsp3) is 1.00. The van der Waals surface area contributed by atoms with Crippen molar-refractivity contribution in [3.8, 4) is 0 Å². The van der Waals surface area contributed by atoms with Gasteiger partial charge >= 0.3 is 0 Å². The van der Waals surface area contributed by atoms with E-state index in [0.29, 0.717) is 6.04 Å². The third-order valence-electron chi connectivity index (χ3n) is 3.01. The van der Waals surface area contributed by atoms with Crippen molar-refractivity contribution in [2.24, 2.45) is 5.92 Å². The molecule has 0 heterocycles. The lowest BCUT2D eigenvalue weighted by Crippen LogP contribution is -2.41. The minimum atomic E-state index is 0.276. The number of hydrogen-bond acceptors (Lipinski definition) is 3. The molecule has 0 aliphatic heterocycles. The Labute approximate surface area is 101 Å². The maximum Gasteiger partial charge on any atom is 0.0446 e. The van der Waals surface area contributed by atoms with E-state index in [-0.39, 0.29) is 6.61 Å². The number of aliphatic hydroxyl groups excluding tert-OH is 1. The quantitative estimate of drug-likeness (QED) is 0.600. The van der Waals surface area contributed by atoms with Gasteiger partial charge in [0.05, 0.1) is 0 Å². The topological polar surface area (TPSA) is 35.5 Å². The second kappa shape index (κ2) is 10.1. The van der Waals surface area contributed by atoms with Crippen LogP contribution >= 0.6 is 0 Å². The van der Waals surface area contributed by atoms with Crippen LogP contribution in [0.15, 0.2) is 0 Å². The summed E-state index contributed by atoms with van der Waals surface area (Å²) in [6, 6.07) is 0.430. The van der Waals surface area contributed by atoms with Crippen molar-refractivity contribution in [2.75, 3.05) is 33.3 Å². The van der Waals surface area contributed by atoms with Crippen LogP contribution in [0.3, 0.4) is 0 Å². The van der Waals surface area contributed by atoms with Crippen LogP contribution in [0.4, 0.5) is 0 Å². The molecule has 98 valence electrons. The Morgan fingerprint density at radius 3 is 2.44 bits per heavy atom. The molecule has 3 nitrogen and oxygen atoms in total. The Morgan fingerprint density at radius 2 is 1.94 bits per heavy atom. The van der Waals surface area contributed by atoms with Crippen LogP contribution in [0.5, 0.6) is 0 Å². The van der Waals surface area contributed by atoms with E-state index in [1.54, 1.807) is 0 Å². The summed E-state index contributed by atoms with van der Waals surface area (Å²) >= 11 is 0. The Bertz CT molecular complexity index is 153. The average Bonchev–Trinajstić information content (AvgIpc) is 2.25. The summed E-state index contributed by atoms with van der Waals surface area (Å²) in [6.45, 7) is 10.2. The lowest BCUT2D eigenvalue weighted by molar-refractivity contribution is 0.214. The van der Waals surface area contributed by atoms with E-state index in [1.807, 2.05) is 0 Å². The highest BCUT2D eigenvalue weighted by Gasteiger charge is 2.11. The van der Waals surface area contributed by atoms with Gasteiger partial charge in [0, 0.05) is 25.7 Å². The fourth-order valence-electron chi connectivity index (χ4n) is 1.87. The number of aliphatic hydroxyl groups is 1. The largest absolute Gasteiger partial charge is 0.396 e. The van der Waals surface area contributed by atoms with Crippen LogP contribution in [0.25, 0.3) is 0 Å².